The van der Waals surface area contributed by atoms with Gasteiger partial charge in [-0.15, -0.1) is 0 Å². The van der Waals surface area contributed by atoms with Gasteiger partial charge in [0.1, 0.15) is 17.4 Å². The van der Waals surface area contributed by atoms with Crippen molar-refractivity contribution >= 4 is 16.9 Å². The minimum absolute atomic E-state index is 0.0127. The molecule has 194 valence electrons. The Balaban J connectivity index is 1.42. The van der Waals surface area contributed by atoms with Crippen molar-refractivity contribution in [2.45, 2.75) is 50.4 Å². The van der Waals surface area contributed by atoms with Crippen molar-refractivity contribution in [3.8, 4) is 16.9 Å². The van der Waals surface area contributed by atoms with Crippen LogP contribution in [0.1, 0.15) is 64.7 Å². The first-order valence-electron chi connectivity index (χ1n) is 12.6. The molecule has 1 amide bonds. The van der Waals surface area contributed by atoms with Crippen LogP contribution in [-0.4, -0.2) is 34.0 Å². The number of aromatic nitrogens is 2. The fraction of sp³-hybridized carbons (Fsp3) is 0.310. The van der Waals surface area contributed by atoms with Gasteiger partial charge in [0, 0.05) is 35.7 Å². The van der Waals surface area contributed by atoms with Crippen molar-refractivity contribution in [1.82, 2.24) is 14.5 Å². The van der Waals surface area contributed by atoms with Crippen LogP contribution < -0.4 is 10.5 Å². The molecule has 3 aromatic carbocycles. The highest BCUT2D eigenvalue weighted by Gasteiger charge is 2.45. The number of fused-ring (bicyclic) bond motifs is 10. The summed E-state index contributed by atoms with van der Waals surface area (Å²) >= 11 is 0. The van der Waals surface area contributed by atoms with Gasteiger partial charge >= 0.3 is 6.61 Å². The maximum Gasteiger partial charge on any atom is 0.387 e. The molecule has 0 radical (unpaired) electrons. The van der Waals surface area contributed by atoms with Gasteiger partial charge in [0.05, 0.1) is 23.1 Å². The predicted molar refractivity (Wildman–Crippen MR) is 136 cm³/mol. The molecule has 0 saturated heterocycles. The number of hydrogen-bond acceptors (Lipinski definition) is 4. The smallest absolute Gasteiger partial charge is 0.387 e. The molecule has 0 spiro atoms. The van der Waals surface area contributed by atoms with Crippen molar-refractivity contribution < 1.29 is 22.7 Å². The average molecular weight is 519 g/mol. The van der Waals surface area contributed by atoms with E-state index in [0.717, 1.165) is 22.2 Å². The lowest BCUT2D eigenvalue weighted by molar-refractivity contribution is -0.0507. The molecule has 38 heavy (non-hydrogen) atoms. The van der Waals surface area contributed by atoms with Crippen LogP contribution in [0, 0.1) is 5.82 Å². The van der Waals surface area contributed by atoms with E-state index in [2.05, 4.69) is 0 Å². The Hall–Kier alpha value is -3.85. The fourth-order valence-corrected chi connectivity index (χ4v) is 6.65. The molecule has 2 N–H and O–H groups in total. The summed E-state index contributed by atoms with van der Waals surface area (Å²) in [6.45, 7) is -1.17. The molecule has 3 aliphatic rings. The summed E-state index contributed by atoms with van der Waals surface area (Å²) in [4.78, 5) is 19.8. The summed E-state index contributed by atoms with van der Waals surface area (Å²) in [5.74, 6) is 0.108. The first-order chi connectivity index (χ1) is 18.1. The Morgan fingerprint density at radius 3 is 2.74 bits per heavy atom. The highest BCUT2D eigenvalue weighted by atomic mass is 19.3. The number of benzene rings is 3. The van der Waals surface area contributed by atoms with Crippen LogP contribution in [0.25, 0.3) is 22.2 Å². The molecule has 2 bridgehead atoms. The summed E-state index contributed by atoms with van der Waals surface area (Å²) in [6, 6.07) is 13.2. The molecule has 1 unspecified atom stereocenters. The molecular formula is C29H25F3N4O2. The summed E-state index contributed by atoms with van der Waals surface area (Å²) in [7, 11) is 1.71. The normalized spacial score (nSPS) is 23.6. The Kier molecular flexibility index (Phi) is 4.80. The minimum atomic E-state index is -3.02. The molecule has 4 aromatic rings. The molecular weight excluding hydrogens is 493 g/mol. The van der Waals surface area contributed by atoms with E-state index in [1.807, 2.05) is 35.8 Å². The lowest BCUT2D eigenvalue weighted by Gasteiger charge is -2.24. The number of rotatable bonds is 3. The van der Waals surface area contributed by atoms with Crippen LogP contribution in [-0.2, 0) is 12.0 Å². The first-order valence-corrected chi connectivity index (χ1v) is 12.6. The van der Waals surface area contributed by atoms with E-state index in [9.17, 15) is 13.6 Å². The number of carbonyl (C=O) groups excluding carboxylic acids is 1. The number of alkyl halides is 2. The van der Waals surface area contributed by atoms with E-state index in [1.165, 1.54) is 12.1 Å². The van der Waals surface area contributed by atoms with Crippen molar-refractivity contribution in [3.05, 3.63) is 82.4 Å². The second kappa shape index (κ2) is 7.83. The maximum absolute atomic E-state index is 15.2. The Morgan fingerprint density at radius 1 is 1.13 bits per heavy atom. The van der Waals surface area contributed by atoms with Gasteiger partial charge in [-0.1, -0.05) is 18.2 Å². The highest BCUT2D eigenvalue weighted by molar-refractivity contribution is 5.98. The number of hydrogen-bond donors (Lipinski definition) is 1. The lowest BCUT2D eigenvalue weighted by Crippen LogP contribution is -2.30. The van der Waals surface area contributed by atoms with E-state index in [-0.39, 0.29) is 23.5 Å². The van der Waals surface area contributed by atoms with Gasteiger partial charge < -0.3 is 19.9 Å². The maximum atomic E-state index is 15.2. The van der Waals surface area contributed by atoms with Crippen LogP contribution >= 0.6 is 0 Å². The minimum Gasteiger partial charge on any atom is -0.434 e. The first kappa shape index (κ1) is 23.3. The molecule has 3 heterocycles. The topological polar surface area (TPSA) is 73.4 Å². The van der Waals surface area contributed by atoms with Gasteiger partial charge in [0.2, 0.25) is 0 Å². The molecule has 0 saturated carbocycles. The molecule has 7 rings (SSSR count). The highest BCUT2D eigenvalue weighted by Crippen LogP contribution is 2.50. The Bertz CT molecular complexity index is 1660. The van der Waals surface area contributed by atoms with E-state index >= 15 is 4.39 Å². The largest absolute Gasteiger partial charge is 0.434 e. The lowest BCUT2D eigenvalue weighted by atomic mass is 9.92. The zero-order valence-electron chi connectivity index (χ0n) is 20.8. The number of aryl methyl sites for hydroxylation is 1. The third-order valence-electron chi connectivity index (χ3n) is 8.40. The predicted octanol–water partition coefficient (Wildman–Crippen LogP) is 5.68. The third kappa shape index (κ3) is 3.17. The van der Waals surface area contributed by atoms with Gasteiger partial charge in [-0.2, -0.15) is 8.78 Å². The van der Waals surface area contributed by atoms with Crippen LogP contribution in [0.4, 0.5) is 13.2 Å². The van der Waals surface area contributed by atoms with Gasteiger partial charge in [-0.3, -0.25) is 4.79 Å². The van der Waals surface area contributed by atoms with E-state index in [4.69, 9.17) is 15.5 Å². The molecule has 2 aliphatic heterocycles. The van der Waals surface area contributed by atoms with E-state index < -0.39 is 18.2 Å². The number of amides is 1. The zero-order chi connectivity index (χ0) is 26.5. The van der Waals surface area contributed by atoms with Crippen LogP contribution in [0.15, 0.2) is 48.5 Å². The standard InChI is InChI=1S/C29H25F3N4O2/c1-29(33)9-8-15-10-16(11-18(30)25(15)29)14-6-7-19-20(12-14)36-21-13-22(26(36)34-19)35(2)27(37)17-4-3-5-23(24(17)21)38-28(31)32/h3-7,10-12,21-22,28H,8-9,13,33H2,1-2H3/t21-,22-,29?/m1/s1. The number of nitrogens with two attached hydrogens (primary N) is 1. The van der Waals surface area contributed by atoms with Crippen molar-refractivity contribution in [1.29, 1.82) is 0 Å². The van der Waals surface area contributed by atoms with Crippen LogP contribution in [0.2, 0.25) is 0 Å². The Morgan fingerprint density at radius 2 is 1.95 bits per heavy atom. The van der Waals surface area contributed by atoms with E-state index in [1.54, 1.807) is 24.1 Å². The van der Waals surface area contributed by atoms with Gasteiger partial charge in [0.15, 0.2) is 0 Å². The number of ether oxygens (including phenoxy) is 1. The second-order valence-electron chi connectivity index (χ2n) is 10.7. The zero-order valence-corrected chi connectivity index (χ0v) is 20.8. The Labute approximate surface area is 216 Å². The summed E-state index contributed by atoms with van der Waals surface area (Å²) in [5, 5.41) is 0. The third-order valence-corrected chi connectivity index (χ3v) is 8.40. The van der Waals surface area contributed by atoms with Crippen LogP contribution in [0.3, 0.4) is 0 Å². The van der Waals surface area contributed by atoms with Crippen LogP contribution in [0.5, 0.6) is 5.75 Å². The second-order valence-corrected chi connectivity index (χ2v) is 10.7. The number of nitrogens with zero attached hydrogens (tertiary/aromatic N) is 3. The summed E-state index contributed by atoms with van der Waals surface area (Å²) < 4.78 is 48.8. The molecule has 0 fully saturated rings. The number of imidazole rings is 1. The van der Waals surface area contributed by atoms with E-state index in [0.29, 0.717) is 47.3 Å². The average Bonchev–Trinajstić information content (AvgIpc) is 3.50. The van der Waals surface area contributed by atoms with Gasteiger partial charge in [-0.25, -0.2) is 9.37 Å². The van der Waals surface area contributed by atoms with Gasteiger partial charge in [-0.05, 0) is 66.8 Å². The quantitative estimate of drug-likeness (QED) is 0.379. The van der Waals surface area contributed by atoms with Crippen molar-refractivity contribution in [2.24, 2.45) is 5.73 Å². The molecule has 1 aromatic heterocycles. The molecule has 6 nitrogen and oxygen atoms in total. The fourth-order valence-electron chi connectivity index (χ4n) is 6.65. The monoisotopic (exact) mass is 518 g/mol. The molecule has 1 aliphatic carbocycles. The van der Waals surface area contributed by atoms with Gasteiger partial charge in [0.25, 0.3) is 5.91 Å². The van der Waals surface area contributed by atoms with Crippen molar-refractivity contribution in [3.63, 3.8) is 0 Å². The molecule has 9 heteroatoms. The van der Waals surface area contributed by atoms with Crippen molar-refractivity contribution in [2.75, 3.05) is 7.05 Å². The summed E-state index contributed by atoms with van der Waals surface area (Å²) in [6.07, 6.45) is 1.89. The SMILES string of the molecule is CN1C(=O)c2cccc(OC(F)F)c2[C@H]2C[C@@H]1c1nc3ccc(-c4cc(F)c5c(c4)CCC5(C)N)cc3n12. The molecule has 3 atom stereocenters. The number of carbonyl (C=O) groups is 1. The summed E-state index contributed by atoms with van der Waals surface area (Å²) in [5.41, 5.74) is 11.0. The number of halogens is 3.